The monoisotopic (exact) mass is 248 g/mol. The van der Waals surface area contributed by atoms with Gasteiger partial charge in [0.2, 0.25) is 0 Å². The van der Waals surface area contributed by atoms with Crippen LogP contribution >= 0.6 is 0 Å². The number of nitrogens with zero attached hydrogens (tertiary/aromatic N) is 1. The predicted molar refractivity (Wildman–Crippen MR) is 73.0 cm³/mol. The van der Waals surface area contributed by atoms with E-state index in [1.165, 1.54) is 25.1 Å². The van der Waals surface area contributed by atoms with E-state index in [9.17, 15) is 0 Å². The van der Waals surface area contributed by atoms with Gasteiger partial charge >= 0.3 is 0 Å². The first-order valence-electron chi connectivity index (χ1n) is 6.56. The predicted octanol–water partition coefficient (Wildman–Crippen LogP) is 2.35. The molecule has 1 saturated carbocycles. The Morgan fingerprint density at radius 3 is 2.61 bits per heavy atom. The lowest BCUT2D eigenvalue weighted by Crippen LogP contribution is -2.35. The number of anilines is 2. The lowest BCUT2D eigenvalue weighted by Gasteiger charge is -2.32. The zero-order valence-corrected chi connectivity index (χ0v) is 11.0. The van der Waals surface area contributed by atoms with Gasteiger partial charge in [-0.05, 0) is 18.8 Å². The molecule has 0 radical (unpaired) electrons. The molecule has 0 spiro atoms. The van der Waals surface area contributed by atoms with Crippen LogP contribution in [-0.4, -0.2) is 33.9 Å². The number of fused-ring (bicyclic) bond motifs is 1. The van der Waals surface area contributed by atoms with Crippen molar-refractivity contribution in [2.75, 3.05) is 44.1 Å². The third kappa shape index (κ3) is 2.07. The van der Waals surface area contributed by atoms with E-state index in [1.807, 2.05) is 6.07 Å². The summed E-state index contributed by atoms with van der Waals surface area (Å²) in [5.74, 6) is 2.49. The van der Waals surface area contributed by atoms with Crippen molar-refractivity contribution in [3.8, 4) is 11.5 Å². The smallest absolute Gasteiger partial charge is 0.162 e. The summed E-state index contributed by atoms with van der Waals surface area (Å²) in [7, 11) is 3.36. The lowest BCUT2D eigenvalue weighted by molar-refractivity contribution is 0.355. The van der Waals surface area contributed by atoms with E-state index in [-0.39, 0.29) is 0 Å². The maximum absolute atomic E-state index is 5.39. The molecule has 18 heavy (non-hydrogen) atoms. The summed E-state index contributed by atoms with van der Waals surface area (Å²) >= 11 is 0. The molecule has 1 N–H and O–H groups in total. The van der Waals surface area contributed by atoms with E-state index < -0.39 is 0 Å². The van der Waals surface area contributed by atoms with Crippen LogP contribution in [0.1, 0.15) is 12.8 Å². The standard InChI is InChI=1S/C14H20N2O2/c1-17-13-7-11-12(8-14(13)18-2)16(6-5-15-11)9-10-3-4-10/h7-8,10,15H,3-6,9H2,1-2H3. The summed E-state index contributed by atoms with van der Waals surface area (Å²) < 4.78 is 10.7. The summed E-state index contributed by atoms with van der Waals surface area (Å²) in [4.78, 5) is 2.46. The van der Waals surface area contributed by atoms with Crippen LogP contribution in [0.25, 0.3) is 0 Å². The minimum atomic E-state index is 0.789. The van der Waals surface area contributed by atoms with Crippen molar-refractivity contribution in [1.29, 1.82) is 0 Å². The summed E-state index contributed by atoms with van der Waals surface area (Å²) in [6.45, 7) is 3.23. The molecule has 0 atom stereocenters. The van der Waals surface area contributed by atoms with Crippen molar-refractivity contribution in [2.45, 2.75) is 12.8 Å². The first-order valence-corrected chi connectivity index (χ1v) is 6.56. The molecule has 1 aliphatic heterocycles. The fourth-order valence-corrected chi connectivity index (χ4v) is 2.52. The summed E-state index contributed by atoms with van der Waals surface area (Å²) in [5.41, 5.74) is 2.39. The van der Waals surface area contributed by atoms with Crippen LogP contribution in [0.15, 0.2) is 12.1 Å². The van der Waals surface area contributed by atoms with Crippen molar-refractivity contribution >= 4 is 11.4 Å². The van der Waals surface area contributed by atoms with Crippen LogP contribution < -0.4 is 19.7 Å². The number of ether oxygens (including phenoxy) is 2. The zero-order valence-electron chi connectivity index (χ0n) is 11.0. The highest BCUT2D eigenvalue weighted by molar-refractivity contribution is 5.76. The van der Waals surface area contributed by atoms with Gasteiger partial charge in [-0.15, -0.1) is 0 Å². The number of nitrogens with one attached hydrogen (secondary N) is 1. The Bertz CT molecular complexity index is 444. The van der Waals surface area contributed by atoms with E-state index in [1.54, 1.807) is 14.2 Å². The maximum atomic E-state index is 5.39. The van der Waals surface area contributed by atoms with E-state index in [0.717, 1.165) is 36.2 Å². The Labute approximate surface area is 108 Å². The van der Waals surface area contributed by atoms with Crippen molar-refractivity contribution < 1.29 is 9.47 Å². The molecule has 1 aromatic rings. The third-order valence-corrected chi connectivity index (χ3v) is 3.72. The highest BCUT2D eigenvalue weighted by Gasteiger charge is 2.27. The Kier molecular flexibility index (Phi) is 2.94. The Morgan fingerprint density at radius 1 is 1.22 bits per heavy atom. The van der Waals surface area contributed by atoms with E-state index >= 15 is 0 Å². The fourth-order valence-electron chi connectivity index (χ4n) is 2.52. The molecule has 0 saturated heterocycles. The molecule has 4 nitrogen and oxygen atoms in total. The van der Waals surface area contributed by atoms with Crippen LogP contribution in [0.3, 0.4) is 0 Å². The summed E-state index contributed by atoms with van der Waals surface area (Å²) in [6.07, 6.45) is 2.76. The Morgan fingerprint density at radius 2 is 1.94 bits per heavy atom. The molecule has 1 fully saturated rings. The first kappa shape index (κ1) is 11.5. The number of benzene rings is 1. The SMILES string of the molecule is COc1cc2c(cc1OC)N(CC1CC1)CCN2. The molecule has 98 valence electrons. The number of rotatable bonds is 4. The molecule has 3 rings (SSSR count). The van der Waals surface area contributed by atoms with Gasteiger partial charge in [-0.25, -0.2) is 0 Å². The zero-order chi connectivity index (χ0) is 12.5. The lowest BCUT2D eigenvalue weighted by atomic mass is 10.1. The molecule has 2 aliphatic rings. The second-order valence-corrected chi connectivity index (χ2v) is 5.04. The molecular formula is C14H20N2O2. The summed E-state index contributed by atoms with van der Waals surface area (Å²) in [5, 5.41) is 3.44. The molecule has 1 aromatic carbocycles. The van der Waals surface area contributed by atoms with E-state index in [0.29, 0.717) is 0 Å². The molecule has 0 amide bonds. The van der Waals surface area contributed by atoms with Crippen molar-refractivity contribution in [3.05, 3.63) is 12.1 Å². The second-order valence-electron chi connectivity index (χ2n) is 5.04. The molecule has 1 heterocycles. The van der Waals surface area contributed by atoms with Crippen LogP contribution in [0.4, 0.5) is 11.4 Å². The third-order valence-electron chi connectivity index (χ3n) is 3.72. The number of hydrogen-bond donors (Lipinski definition) is 1. The van der Waals surface area contributed by atoms with E-state index in [2.05, 4.69) is 16.3 Å². The normalized spacial score (nSPS) is 18.0. The first-order chi connectivity index (χ1) is 8.81. The van der Waals surface area contributed by atoms with Crippen LogP contribution in [0.5, 0.6) is 11.5 Å². The van der Waals surface area contributed by atoms with Crippen molar-refractivity contribution in [3.63, 3.8) is 0 Å². The minimum Gasteiger partial charge on any atom is -0.493 e. The van der Waals surface area contributed by atoms with Crippen LogP contribution in [0.2, 0.25) is 0 Å². The van der Waals surface area contributed by atoms with Gasteiger partial charge in [-0.1, -0.05) is 0 Å². The molecule has 0 aromatic heterocycles. The molecule has 4 heteroatoms. The second kappa shape index (κ2) is 4.59. The van der Waals surface area contributed by atoms with Gasteiger partial charge in [0.25, 0.3) is 0 Å². The van der Waals surface area contributed by atoms with E-state index in [4.69, 9.17) is 9.47 Å². The maximum Gasteiger partial charge on any atom is 0.162 e. The molecule has 0 unspecified atom stereocenters. The van der Waals surface area contributed by atoms with Gasteiger partial charge in [-0.2, -0.15) is 0 Å². The van der Waals surface area contributed by atoms with Crippen molar-refractivity contribution in [1.82, 2.24) is 0 Å². The van der Waals surface area contributed by atoms with Gasteiger partial charge < -0.3 is 19.7 Å². The Hall–Kier alpha value is -1.58. The number of hydrogen-bond acceptors (Lipinski definition) is 4. The highest BCUT2D eigenvalue weighted by atomic mass is 16.5. The highest BCUT2D eigenvalue weighted by Crippen LogP contribution is 2.41. The fraction of sp³-hybridized carbons (Fsp3) is 0.571. The summed E-state index contributed by atoms with van der Waals surface area (Å²) in [6, 6.07) is 4.12. The van der Waals surface area contributed by atoms with Gasteiger partial charge in [0, 0.05) is 31.8 Å². The quantitative estimate of drug-likeness (QED) is 0.887. The van der Waals surface area contributed by atoms with Gasteiger partial charge in [0.15, 0.2) is 11.5 Å². The number of methoxy groups -OCH3 is 2. The topological polar surface area (TPSA) is 33.7 Å². The van der Waals surface area contributed by atoms with Crippen LogP contribution in [0, 0.1) is 5.92 Å². The minimum absolute atomic E-state index is 0.789. The van der Waals surface area contributed by atoms with Gasteiger partial charge in [0.05, 0.1) is 25.6 Å². The molecular weight excluding hydrogens is 228 g/mol. The van der Waals surface area contributed by atoms with Crippen molar-refractivity contribution in [2.24, 2.45) is 5.92 Å². The largest absolute Gasteiger partial charge is 0.493 e. The van der Waals surface area contributed by atoms with Gasteiger partial charge in [-0.3, -0.25) is 0 Å². The average Bonchev–Trinajstić information content (AvgIpc) is 3.21. The average molecular weight is 248 g/mol. The molecule has 0 bridgehead atoms. The molecule has 1 aliphatic carbocycles. The Balaban J connectivity index is 1.93. The van der Waals surface area contributed by atoms with Crippen LogP contribution in [-0.2, 0) is 0 Å². The van der Waals surface area contributed by atoms with Gasteiger partial charge in [0.1, 0.15) is 0 Å².